The van der Waals surface area contributed by atoms with E-state index in [1.54, 1.807) is 6.92 Å². The lowest BCUT2D eigenvalue weighted by molar-refractivity contribution is -0.836. The Morgan fingerprint density at radius 1 is 0.574 bits per heavy atom. The molecule has 0 radical (unpaired) electrons. The predicted octanol–water partition coefficient (Wildman–Crippen LogP) is 7.33. The summed E-state index contributed by atoms with van der Waals surface area (Å²) in [6.07, 6.45) is 27.6. The third-order valence-corrected chi connectivity index (χ3v) is 9.18. The van der Waals surface area contributed by atoms with E-state index in [0.29, 0.717) is 19.3 Å². The SMILES string of the molecule is CCCCCCCCCCCCCCCC(=O)C(O)C(O)(C(=O)[O-])C(=O)C(CC)CCCCCCCCCCCCCC.C[NH+](C)C. The first-order valence-corrected chi connectivity index (χ1v) is 20.0. The maximum atomic E-state index is 13.1. The molecule has 7 heteroatoms. The Morgan fingerprint density at radius 2 is 0.872 bits per heavy atom. The van der Waals surface area contributed by atoms with Gasteiger partial charge in [0.25, 0.3) is 0 Å². The third kappa shape index (κ3) is 26.3. The zero-order valence-corrected chi connectivity index (χ0v) is 32.0. The van der Waals surface area contributed by atoms with Crippen LogP contribution in [0.25, 0.3) is 0 Å². The van der Waals surface area contributed by atoms with E-state index in [-0.39, 0.29) is 6.42 Å². The normalized spacial score (nSPS) is 13.9. The molecule has 0 saturated carbocycles. The van der Waals surface area contributed by atoms with Crippen LogP contribution in [0.5, 0.6) is 0 Å². The molecule has 0 aliphatic heterocycles. The number of Topliss-reactive ketones (excluding diaryl/α,β-unsaturated/α-hetero) is 2. The van der Waals surface area contributed by atoms with Gasteiger partial charge in [-0.05, 0) is 19.3 Å². The van der Waals surface area contributed by atoms with Crippen molar-refractivity contribution in [2.75, 3.05) is 21.1 Å². The van der Waals surface area contributed by atoms with E-state index in [1.807, 2.05) is 0 Å². The monoisotopic (exact) mass is 670 g/mol. The summed E-state index contributed by atoms with van der Waals surface area (Å²) in [6, 6.07) is 0. The van der Waals surface area contributed by atoms with Crippen molar-refractivity contribution in [1.82, 2.24) is 0 Å². The number of carboxylic acid groups (broad SMARTS) is 1. The number of rotatable bonds is 33. The molecule has 0 aromatic heterocycles. The van der Waals surface area contributed by atoms with Crippen LogP contribution in [0.3, 0.4) is 0 Å². The number of carboxylic acids is 1. The molecule has 7 nitrogen and oxygen atoms in total. The van der Waals surface area contributed by atoms with Crippen LogP contribution in [-0.2, 0) is 14.4 Å². The van der Waals surface area contributed by atoms with Gasteiger partial charge in [0.05, 0.1) is 27.1 Å². The zero-order valence-electron chi connectivity index (χ0n) is 32.0. The van der Waals surface area contributed by atoms with Gasteiger partial charge in [0.1, 0.15) is 0 Å². The Bertz CT molecular complexity index is 739. The molecule has 0 aromatic carbocycles. The van der Waals surface area contributed by atoms with E-state index in [2.05, 4.69) is 35.0 Å². The van der Waals surface area contributed by atoms with Gasteiger partial charge in [-0.25, -0.2) is 0 Å². The molecule has 47 heavy (non-hydrogen) atoms. The maximum absolute atomic E-state index is 13.1. The summed E-state index contributed by atoms with van der Waals surface area (Å²) in [7, 11) is 6.25. The first-order valence-electron chi connectivity index (χ1n) is 20.0. The van der Waals surface area contributed by atoms with Gasteiger partial charge in [-0.15, -0.1) is 0 Å². The molecular weight excluding hydrogens is 590 g/mol. The lowest BCUT2D eigenvalue weighted by Crippen LogP contribution is -3.02. The lowest BCUT2D eigenvalue weighted by Gasteiger charge is -2.34. The topological polar surface area (TPSA) is 119 Å². The van der Waals surface area contributed by atoms with Crippen molar-refractivity contribution in [1.29, 1.82) is 0 Å². The number of unbranched alkanes of at least 4 members (excludes halogenated alkanes) is 23. The summed E-state index contributed by atoms with van der Waals surface area (Å²) in [5.74, 6) is -4.62. The van der Waals surface area contributed by atoms with Gasteiger partial charge in [0.2, 0.25) is 0 Å². The third-order valence-electron chi connectivity index (χ3n) is 9.18. The number of aliphatic hydroxyl groups is 2. The molecule has 0 saturated heterocycles. The van der Waals surface area contributed by atoms with Crippen LogP contribution < -0.4 is 10.0 Å². The average Bonchev–Trinajstić information content (AvgIpc) is 3.04. The van der Waals surface area contributed by atoms with E-state index in [0.717, 1.165) is 44.9 Å². The van der Waals surface area contributed by atoms with E-state index in [4.69, 9.17) is 0 Å². The Hall–Kier alpha value is -1.31. The van der Waals surface area contributed by atoms with Crippen LogP contribution in [0.15, 0.2) is 0 Å². The van der Waals surface area contributed by atoms with Crippen molar-refractivity contribution in [2.45, 2.75) is 212 Å². The largest absolute Gasteiger partial charge is 0.546 e. The van der Waals surface area contributed by atoms with Crippen molar-refractivity contribution in [3.05, 3.63) is 0 Å². The van der Waals surface area contributed by atoms with Crippen LogP contribution in [0.4, 0.5) is 0 Å². The van der Waals surface area contributed by atoms with Crippen molar-refractivity contribution in [2.24, 2.45) is 5.92 Å². The standard InChI is InChI=1S/C37H70O6.C3H9N/c1-4-7-9-11-13-15-17-19-21-23-25-27-29-31-33(38)35(40)37(43,36(41)42)34(39)32(6-3)30-28-26-24-22-20-18-16-14-12-10-8-5-2;1-4(2)3/h32,35,40,43H,4-31H2,1-3H3,(H,41,42);1-3H3. The van der Waals surface area contributed by atoms with Crippen LogP contribution in [-0.4, -0.2) is 60.6 Å². The van der Waals surface area contributed by atoms with Crippen molar-refractivity contribution >= 4 is 17.5 Å². The number of hydrogen-bond donors (Lipinski definition) is 3. The molecule has 0 fully saturated rings. The van der Waals surface area contributed by atoms with Gasteiger partial charge >= 0.3 is 0 Å². The second kappa shape index (κ2) is 33.2. The molecule has 0 spiro atoms. The minimum Gasteiger partial charge on any atom is -0.546 e. The van der Waals surface area contributed by atoms with Gasteiger partial charge in [-0.3, -0.25) is 9.59 Å². The summed E-state index contributed by atoms with van der Waals surface area (Å²) in [6.45, 7) is 6.23. The Kier molecular flexibility index (Phi) is 33.8. The number of quaternary nitrogens is 1. The molecular formula is C40H79NO6. The number of aliphatic carboxylic acids is 1. The highest BCUT2D eigenvalue weighted by atomic mass is 16.4. The molecule has 3 unspecified atom stereocenters. The highest BCUT2D eigenvalue weighted by Gasteiger charge is 2.49. The predicted molar refractivity (Wildman–Crippen MR) is 195 cm³/mol. The first-order chi connectivity index (χ1) is 22.5. The fourth-order valence-corrected chi connectivity index (χ4v) is 6.10. The molecule has 3 atom stereocenters. The Labute approximate surface area is 291 Å². The fraction of sp³-hybridized carbons (Fsp3) is 0.925. The minimum absolute atomic E-state index is 0.0582. The number of aliphatic hydroxyl groups excluding tert-OH is 1. The van der Waals surface area contributed by atoms with Gasteiger partial charge in [0, 0.05) is 12.3 Å². The van der Waals surface area contributed by atoms with Gasteiger partial charge in [-0.2, -0.15) is 0 Å². The summed E-state index contributed by atoms with van der Waals surface area (Å²) >= 11 is 0. The van der Waals surface area contributed by atoms with E-state index in [1.165, 1.54) is 114 Å². The van der Waals surface area contributed by atoms with Gasteiger partial charge < -0.3 is 25.0 Å². The minimum atomic E-state index is -3.19. The fourth-order valence-electron chi connectivity index (χ4n) is 6.10. The van der Waals surface area contributed by atoms with Crippen molar-refractivity contribution in [3.63, 3.8) is 0 Å². The van der Waals surface area contributed by atoms with Crippen molar-refractivity contribution < 1.29 is 34.6 Å². The molecule has 0 heterocycles. The molecule has 0 rings (SSSR count). The molecule has 0 amide bonds. The summed E-state index contributed by atoms with van der Waals surface area (Å²) in [5.41, 5.74) is -3.19. The molecule has 0 aliphatic carbocycles. The first kappa shape index (κ1) is 47.8. The van der Waals surface area contributed by atoms with Crippen LogP contribution >= 0.6 is 0 Å². The summed E-state index contributed by atoms with van der Waals surface area (Å²) < 4.78 is 0. The van der Waals surface area contributed by atoms with Gasteiger partial charge in [-0.1, -0.05) is 175 Å². The van der Waals surface area contributed by atoms with E-state index >= 15 is 0 Å². The number of carbonyl (C=O) groups excluding carboxylic acids is 3. The second-order valence-corrected chi connectivity index (χ2v) is 14.6. The van der Waals surface area contributed by atoms with Crippen molar-refractivity contribution in [3.8, 4) is 0 Å². The molecule has 0 aliphatic rings. The Morgan fingerprint density at radius 3 is 1.17 bits per heavy atom. The number of nitrogens with one attached hydrogen (secondary N) is 1. The average molecular weight is 670 g/mol. The number of hydrogen-bond acceptors (Lipinski definition) is 6. The molecule has 280 valence electrons. The molecule has 0 bridgehead atoms. The zero-order chi connectivity index (χ0) is 35.8. The maximum Gasteiger partial charge on any atom is 0.195 e. The smallest absolute Gasteiger partial charge is 0.195 e. The second-order valence-electron chi connectivity index (χ2n) is 14.6. The van der Waals surface area contributed by atoms with Crippen LogP contribution in [0.2, 0.25) is 0 Å². The number of ketones is 2. The van der Waals surface area contributed by atoms with Gasteiger partial charge in [0.15, 0.2) is 23.3 Å². The number of carbonyl (C=O) groups is 3. The lowest BCUT2D eigenvalue weighted by atomic mass is 9.79. The summed E-state index contributed by atoms with van der Waals surface area (Å²) in [5, 5.41) is 33.3. The highest BCUT2D eigenvalue weighted by molar-refractivity contribution is 6.11. The van der Waals surface area contributed by atoms with E-state index in [9.17, 15) is 29.7 Å². The van der Waals surface area contributed by atoms with Crippen LogP contribution in [0.1, 0.15) is 201 Å². The highest BCUT2D eigenvalue weighted by Crippen LogP contribution is 2.26. The van der Waals surface area contributed by atoms with E-state index < -0.39 is 35.2 Å². The summed E-state index contributed by atoms with van der Waals surface area (Å²) in [4.78, 5) is 39.1. The molecule has 0 aromatic rings. The molecule has 3 N–H and O–H groups in total. The van der Waals surface area contributed by atoms with Crippen LogP contribution in [0, 0.1) is 5.92 Å². The Balaban J connectivity index is 0. The quantitative estimate of drug-likeness (QED) is 0.0498.